The minimum atomic E-state index is -3.80. The van der Waals surface area contributed by atoms with E-state index in [9.17, 15) is 13.2 Å². The summed E-state index contributed by atoms with van der Waals surface area (Å²) in [5, 5.41) is 0.760. The van der Waals surface area contributed by atoms with Crippen molar-refractivity contribution < 1.29 is 22.7 Å². The van der Waals surface area contributed by atoms with Gasteiger partial charge in [-0.3, -0.25) is 4.79 Å². The number of carbonyl (C=O) groups excluding carboxylic acids is 1. The minimum absolute atomic E-state index is 0.0806. The summed E-state index contributed by atoms with van der Waals surface area (Å²) in [5.74, 6) is 1.07. The number of sulfonamides is 1. The quantitative estimate of drug-likeness (QED) is 0.504. The van der Waals surface area contributed by atoms with Crippen molar-refractivity contribution in [1.29, 1.82) is 0 Å². The molecule has 204 valence electrons. The van der Waals surface area contributed by atoms with Crippen LogP contribution in [0, 0.1) is 11.8 Å². The molecule has 1 saturated carbocycles. The fraction of sp³-hybridized carbons (Fsp3) is 0.552. The second-order valence-electron chi connectivity index (χ2n) is 11.4. The molecule has 0 saturated heterocycles. The number of nitrogens with zero attached hydrogens (tertiary/aromatic N) is 1. The molecule has 2 heterocycles. The SMILES string of the molecule is O=C1NS(=O)(=O)CCOCCC[C@H]2CC[C@@H]2CN2C[C@@]3(CCCc4cc(Cl)ccc43)COc3ccc1cc32. The molecule has 2 aliphatic carbocycles. The molecule has 1 spiro atoms. The Morgan fingerprint density at radius 3 is 2.74 bits per heavy atom. The van der Waals surface area contributed by atoms with Gasteiger partial charge in [0.1, 0.15) is 5.75 Å². The van der Waals surface area contributed by atoms with Crippen LogP contribution in [0.2, 0.25) is 5.02 Å². The molecule has 9 heteroatoms. The van der Waals surface area contributed by atoms with Gasteiger partial charge < -0.3 is 14.4 Å². The van der Waals surface area contributed by atoms with Crippen LogP contribution in [0.15, 0.2) is 36.4 Å². The largest absolute Gasteiger partial charge is 0.490 e. The van der Waals surface area contributed by atoms with Crippen LogP contribution in [-0.2, 0) is 26.6 Å². The van der Waals surface area contributed by atoms with Crippen LogP contribution >= 0.6 is 11.6 Å². The molecule has 1 fully saturated rings. The van der Waals surface area contributed by atoms with Crippen molar-refractivity contribution in [2.45, 2.75) is 50.4 Å². The summed E-state index contributed by atoms with van der Waals surface area (Å²) < 4.78 is 39.3. The number of rotatable bonds is 0. The normalized spacial score (nSPS) is 29.2. The van der Waals surface area contributed by atoms with Gasteiger partial charge in [0.25, 0.3) is 5.91 Å². The molecule has 38 heavy (non-hydrogen) atoms. The Morgan fingerprint density at radius 2 is 1.89 bits per heavy atom. The van der Waals surface area contributed by atoms with Gasteiger partial charge >= 0.3 is 0 Å². The third-order valence-electron chi connectivity index (χ3n) is 8.94. The zero-order chi connectivity index (χ0) is 26.3. The smallest absolute Gasteiger partial charge is 0.264 e. The first kappa shape index (κ1) is 26.0. The maximum absolute atomic E-state index is 13.0. The molecule has 6 rings (SSSR count). The number of anilines is 1. The fourth-order valence-corrected chi connectivity index (χ4v) is 7.80. The number of benzene rings is 2. The average molecular weight is 559 g/mol. The van der Waals surface area contributed by atoms with Crippen LogP contribution in [0.4, 0.5) is 5.69 Å². The van der Waals surface area contributed by atoms with E-state index in [1.54, 1.807) is 12.1 Å². The highest BCUT2D eigenvalue weighted by Crippen LogP contribution is 2.46. The molecule has 4 aliphatic rings. The van der Waals surface area contributed by atoms with Gasteiger partial charge in [-0.2, -0.15) is 0 Å². The number of ether oxygens (including phenoxy) is 2. The summed E-state index contributed by atoms with van der Waals surface area (Å²) in [6.45, 7) is 2.84. The Morgan fingerprint density at radius 1 is 1.03 bits per heavy atom. The highest BCUT2D eigenvalue weighted by atomic mass is 35.5. The number of halogens is 1. The lowest BCUT2D eigenvalue weighted by Crippen LogP contribution is -2.48. The molecule has 7 nitrogen and oxygen atoms in total. The third kappa shape index (κ3) is 5.15. The van der Waals surface area contributed by atoms with E-state index in [4.69, 9.17) is 21.1 Å². The maximum atomic E-state index is 13.0. The number of carbonyl (C=O) groups is 1. The summed E-state index contributed by atoms with van der Waals surface area (Å²) in [7, 11) is -3.80. The van der Waals surface area contributed by atoms with Gasteiger partial charge in [-0.15, -0.1) is 0 Å². The highest BCUT2D eigenvalue weighted by Gasteiger charge is 2.43. The molecule has 1 N–H and O–H groups in total. The standard InChI is InChI=1S/C29H35ClN2O5S/c30-24-8-9-25-21(15-24)3-1-11-29(25)18-32-17-23-6-5-20(23)4-2-12-36-13-14-38(34,35)31-28(33)22-7-10-27(37-19-29)26(32)16-22/h7-10,15-16,20,23H,1-6,11-14,17-19H2,(H,31,33)/t20-,23+,29-/m0/s1. The van der Waals surface area contributed by atoms with Gasteiger partial charge in [-0.25, -0.2) is 13.1 Å². The lowest BCUT2D eigenvalue weighted by molar-refractivity contribution is 0.0979. The minimum Gasteiger partial charge on any atom is -0.490 e. The molecule has 0 aromatic heterocycles. The Kier molecular flexibility index (Phi) is 7.08. The molecule has 2 bridgehead atoms. The van der Waals surface area contributed by atoms with Crippen molar-refractivity contribution >= 4 is 33.2 Å². The lowest BCUT2D eigenvalue weighted by Gasteiger charge is -2.44. The van der Waals surface area contributed by atoms with Crippen LogP contribution in [0.25, 0.3) is 0 Å². The van der Waals surface area contributed by atoms with Gasteiger partial charge in [-0.1, -0.05) is 17.7 Å². The lowest BCUT2D eigenvalue weighted by atomic mass is 9.69. The van der Waals surface area contributed by atoms with Crippen molar-refractivity contribution in [1.82, 2.24) is 4.72 Å². The number of amides is 1. The van der Waals surface area contributed by atoms with Crippen molar-refractivity contribution in [3.05, 3.63) is 58.1 Å². The van der Waals surface area contributed by atoms with Gasteiger partial charge in [-0.05, 0) is 98.2 Å². The zero-order valence-corrected chi connectivity index (χ0v) is 23.2. The molecule has 3 atom stereocenters. The zero-order valence-electron chi connectivity index (χ0n) is 21.6. The van der Waals surface area contributed by atoms with Crippen molar-refractivity contribution in [3.63, 3.8) is 0 Å². The molecule has 2 aliphatic heterocycles. The highest BCUT2D eigenvalue weighted by molar-refractivity contribution is 7.90. The van der Waals surface area contributed by atoms with Gasteiger partial charge in [0, 0.05) is 35.7 Å². The molecule has 2 aromatic carbocycles. The topological polar surface area (TPSA) is 84.9 Å². The number of fused-ring (bicyclic) bond motifs is 4. The van der Waals surface area contributed by atoms with E-state index in [2.05, 4.69) is 21.8 Å². The summed E-state index contributed by atoms with van der Waals surface area (Å²) in [5.41, 5.74) is 3.59. The number of hydrogen-bond acceptors (Lipinski definition) is 6. The number of nitrogens with one attached hydrogen (secondary N) is 1. The van der Waals surface area contributed by atoms with E-state index < -0.39 is 15.9 Å². The Hall–Kier alpha value is -2.29. The second kappa shape index (κ2) is 10.4. The summed E-state index contributed by atoms with van der Waals surface area (Å²) in [6.07, 6.45) is 7.49. The van der Waals surface area contributed by atoms with Gasteiger partial charge in [0.05, 0.1) is 24.7 Å². The Labute approximate surface area is 229 Å². The second-order valence-corrected chi connectivity index (χ2v) is 13.7. The van der Waals surface area contributed by atoms with Gasteiger partial charge in [0.2, 0.25) is 10.0 Å². The first-order valence-electron chi connectivity index (χ1n) is 13.8. The van der Waals surface area contributed by atoms with Crippen molar-refractivity contribution in [2.75, 3.05) is 43.6 Å². The number of aryl methyl sites for hydroxylation is 1. The predicted molar refractivity (Wildman–Crippen MR) is 148 cm³/mol. The predicted octanol–water partition coefficient (Wildman–Crippen LogP) is 4.71. The summed E-state index contributed by atoms with van der Waals surface area (Å²) in [6, 6.07) is 11.5. The van der Waals surface area contributed by atoms with E-state index in [0.29, 0.717) is 30.6 Å². The van der Waals surface area contributed by atoms with Crippen molar-refractivity contribution in [3.8, 4) is 5.75 Å². The molecule has 0 unspecified atom stereocenters. The van der Waals surface area contributed by atoms with Crippen LogP contribution < -0.4 is 14.4 Å². The Bertz CT molecular complexity index is 1330. The van der Waals surface area contributed by atoms with E-state index in [1.165, 1.54) is 24.0 Å². The van der Waals surface area contributed by atoms with E-state index in [1.807, 2.05) is 12.1 Å². The first-order valence-corrected chi connectivity index (χ1v) is 15.8. The van der Waals surface area contributed by atoms with Crippen molar-refractivity contribution in [2.24, 2.45) is 11.8 Å². The molecule has 0 radical (unpaired) electrons. The monoisotopic (exact) mass is 558 g/mol. The van der Waals surface area contributed by atoms with E-state index >= 15 is 0 Å². The summed E-state index contributed by atoms with van der Waals surface area (Å²) in [4.78, 5) is 15.4. The maximum Gasteiger partial charge on any atom is 0.264 e. The third-order valence-corrected chi connectivity index (χ3v) is 10.4. The van der Waals surface area contributed by atoms with Crippen LogP contribution in [0.3, 0.4) is 0 Å². The number of hydrogen-bond donors (Lipinski definition) is 1. The van der Waals surface area contributed by atoms with E-state index in [0.717, 1.165) is 61.7 Å². The first-order chi connectivity index (χ1) is 18.3. The Balaban J connectivity index is 1.39. The molecular weight excluding hydrogens is 524 g/mol. The van der Waals surface area contributed by atoms with Gasteiger partial charge in [0.15, 0.2) is 0 Å². The molecular formula is C29H35ClN2O5S. The van der Waals surface area contributed by atoms with Crippen LogP contribution in [-0.4, -0.2) is 53.0 Å². The fourth-order valence-electron chi connectivity index (χ4n) is 6.77. The van der Waals surface area contributed by atoms with Crippen LogP contribution in [0.1, 0.15) is 60.0 Å². The average Bonchev–Trinajstić information content (AvgIpc) is 3.02. The summed E-state index contributed by atoms with van der Waals surface area (Å²) >= 11 is 6.37. The van der Waals surface area contributed by atoms with Crippen LogP contribution in [0.5, 0.6) is 5.75 Å². The molecule has 2 aromatic rings. The molecule has 1 amide bonds. The van der Waals surface area contributed by atoms with E-state index in [-0.39, 0.29) is 17.8 Å².